The van der Waals surface area contributed by atoms with Gasteiger partial charge in [0.2, 0.25) is 0 Å². The second-order valence-corrected chi connectivity index (χ2v) is 17.3. The minimum atomic E-state index is -0.569. The predicted octanol–water partition coefficient (Wildman–Crippen LogP) is 17.1. The van der Waals surface area contributed by atoms with Crippen LogP contribution >= 0.6 is 0 Å². The molecule has 0 aliphatic carbocycles. The van der Waals surface area contributed by atoms with Gasteiger partial charge in [0.1, 0.15) is 5.82 Å². The van der Waals surface area contributed by atoms with Crippen LogP contribution in [0.25, 0.3) is 88.5 Å². The number of pyridine rings is 1. The van der Waals surface area contributed by atoms with Crippen LogP contribution in [0, 0.1) is 18.8 Å². The number of benzene rings is 10. The maximum absolute atomic E-state index is 9.07. The van der Waals surface area contributed by atoms with Gasteiger partial charge in [-0.1, -0.05) is 157 Å². The third-order valence-electron chi connectivity index (χ3n) is 13.2. The van der Waals surface area contributed by atoms with Gasteiger partial charge in [-0.2, -0.15) is 12.1 Å². The molecule has 0 N–H and O–H groups in total. The summed E-state index contributed by atoms with van der Waals surface area (Å²) >= 11 is 0. The molecule has 14 rings (SSSR count). The number of rotatable bonds is 9. The van der Waals surface area contributed by atoms with E-state index in [0.29, 0.717) is 34.4 Å². The number of hydrogen-bond donors (Lipinski definition) is 0. The zero-order chi connectivity index (χ0) is 56.2. The van der Waals surface area contributed by atoms with Gasteiger partial charge in [0, 0.05) is 88.9 Å². The van der Waals surface area contributed by atoms with Crippen LogP contribution in [0.15, 0.2) is 249 Å². The Morgan fingerprint density at radius 1 is 0.452 bits per heavy atom. The monoisotopic (exact) mass is 1130 g/mol. The molecule has 73 heavy (non-hydrogen) atoms. The van der Waals surface area contributed by atoms with Gasteiger partial charge in [-0.15, -0.1) is 48.1 Å². The second-order valence-electron chi connectivity index (χ2n) is 17.3. The van der Waals surface area contributed by atoms with Crippen LogP contribution in [-0.2, 0) is 21.1 Å². The molecule has 0 atom stereocenters. The van der Waals surface area contributed by atoms with Crippen LogP contribution in [0.3, 0.4) is 0 Å². The number of ether oxygens (including phenoxy) is 1. The standard InChI is InChI=1S/C66H42N5O.Pt/c1-4-18-45(19-5-1)53-27-17-28-54(46-20-6-2-7-21-46)66(53)69-44-68(62-30-12-13-31-63(62)69)50-24-16-25-51(42-50)72-52-35-36-56-58-41-48(34-38-61(58)71(64(56)43-52)65-32-14-15-39-67-65)47-33-37-60-57(40-47)55-26-10-11-29-59(55)70(60)49-22-8-3-9-23-49;/h1-41,44H;/q-3;/i1D,2D,4D,5D,6D,7D,18D,19D,20D,21D;. The Morgan fingerprint density at radius 3 is 1.77 bits per heavy atom. The van der Waals surface area contributed by atoms with Gasteiger partial charge >= 0.3 is 0 Å². The summed E-state index contributed by atoms with van der Waals surface area (Å²) in [4.78, 5) is 8.39. The summed E-state index contributed by atoms with van der Waals surface area (Å²) in [6.45, 7) is 1.74. The van der Waals surface area contributed by atoms with E-state index in [1.165, 1.54) is 5.39 Å². The van der Waals surface area contributed by atoms with Gasteiger partial charge in [-0.3, -0.25) is 0 Å². The number of anilines is 4. The van der Waals surface area contributed by atoms with Gasteiger partial charge in [-0.05, 0) is 88.3 Å². The molecule has 3 aromatic heterocycles. The molecule has 0 fully saturated rings. The van der Waals surface area contributed by atoms with E-state index in [1.807, 2.05) is 77.7 Å². The van der Waals surface area contributed by atoms with Crippen molar-refractivity contribution in [1.29, 1.82) is 0 Å². The molecule has 0 unspecified atom stereocenters. The Labute approximate surface area is 451 Å². The molecule has 0 amide bonds. The normalized spacial score (nSPS) is 14.1. The minimum Gasteiger partial charge on any atom is -0.509 e. The summed E-state index contributed by atoms with van der Waals surface area (Å²) in [5.74, 6) is 1.50. The zero-order valence-electron chi connectivity index (χ0n) is 48.4. The molecule has 10 aromatic carbocycles. The van der Waals surface area contributed by atoms with Gasteiger partial charge in [0.05, 0.1) is 24.7 Å². The van der Waals surface area contributed by atoms with Crippen molar-refractivity contribution in [2.24, 2.45) is 0 Å². The topological polar surface area (TPSA) is 38.5 Å². The zero-order valence-corrected chi connectivity index (χ0v) is 40.7. The first-order valence-electron chi connectivity index (χ1n) is 28.4. The fraction of sp³-hybridized carbons (Fsp3) is 0. The number of fused-ring (bicyclic) bond motifs is 7. The van der Waals surface area contributed by atoms with Gasteiger partial charge in [-0.25, -0.2) is 4.98 Å². The van der Waals surface area contributed by atoms with E-state index < -0.39 is 60.4 Å². The van der Waals surface area contributed by atoms with E-state index in [2.05, 4.69) is 106 Å². The molecule has 0 saturated carbocycles. The fourth-order valence-corrected chi connectivity index (χ4v) is 10.1. The molecule has 6 nitrogen and oxygen atoms in total. The average Bonchev–Trinajstić information content (AvgIpc) is 3.68. The first-order chi connectivity index (χ1) is 39.9. The first kappa shape index (κ1) is 34.4. The van der Waals surface area contributed by atoms with Crippen molar-refractivity contribution < 1.29 is 39.5 Å². The van der Waals surface area contributed by atoms with Crippen molar-refractivity contribution >= 4 is 66.4 Å². The van der Waals surface area contributed by atoms with Crippen molar-refractivity contribution in [3.63, 3.8) is 0 Å². The summed E-state index contributed by atoms with van der Waals surface area (Å²) in [5, 5.41) is 4.29. The Bertz CT molecular complexity index is 4660. The summed E-state index contributed by atoms with van der Waals surface area (Å²) in [7, 11) is 0. The molecule has 0 bridgehead atoms. The molecule has 0 spiro atoms. The third-order valence-corrected chi connectivity index (χ3v) is 13.2. The van der Waals surface area contributed by atoms with Crippen LogP contribution in [-0.4, -0.2) is 14.1 Å². The van der Waals surface area contributed by atoms with Crippen molar-refractivity contribution in [3.05, 3.63) is 267 Å². The molecule has 13 aromatic rings. The molecular formula is C66H42N5OPt-3. The van der Waals surface area contributed by atoms with Gasteiger partial charge in [0.25, 0.3) is 0 Å². The average molecular weight is 1130 g/mol. The SMILES string of the molecule is [2H]c1c([2H])c([2H])c(-c2cccc(-c3c([2H])c([2H])c([2H])c([2H])c3[2H])c2N2[CH-]N(c3[c-]c(Oc4[c-]c5c(cc4)c4cc(-c6ccc7c(c6)c6ccccc6n7-c6ccccc6)ccc4n5-c4ccccn4)ccc3)c3ccccc32)c([2H])c1[2H].[Pt]. The quantitative estimate of drug-likeness (QED) is 0.135. The van der Waals surface area contributed by atoms with Crippen LogP contribution in [0.5, 0.6) is 11.5 Å². The molecule has 350 valence electrons. The van der Waals surface area contributed by atoms with Crippen LogP contribution in [0.4, 0.5) is 22.7 Å². The Balaban J connectivity index is 0.00000645. The summed E-state index contributed by atoms with van der Waals surface area (Å²) in [6.07, 6.45) is 1.77. The first-order valence-corrected chi connectivity index (χ1v) is 23.4. The van der Waals surface area contributed by atoms with Crippen LogP contribution in [0.1, 0.15) is 13.7 Å². The van der Waals surface area contributed by atoms with Gasteiger partial charge < -0.3 is 23.7 Å². The number of para-hydroxylation sites is 5. The van der Waals surface area contributed by atoms with E-state index in [1.54, 1.807) is 42.0 Å². The molecule has 7 heteroatoms. The van der Waals surface area contributed by atoms with E-state index in [9.17, 15) is 0 Å². The van der Waals surface area contributed by atoms with E-state index in [-0.39, 0.29) is 49.0 Å². The molecule has 0 radical (unpaired) electrons. The largest absolute Gasteiger partial charge is 0.509 e. The summed E-state index contributed by atoms with van der Waals surface area (Å²) in [6, 6.07) is 61.3. The van der Waals surface area contributed by atoms with Crippen molar-refractivity contribution in [2.45, 2.75) is 0 Å². The maximum Gasteiger partial charge on any atom is 0.135 e. The summed E-state index contributed by atoms with van der Waals surface area (Å²) in [5.41, 5.74) is 9.28. The Hall–Kier alpha value is -8.96. The van der Waals surface area contributed by atoms with Crippen molar-refractivity contribution in [1.82, 2.24) is 14.1 Å². The van der Waals surface area contributed by atoms with E-state index in [4.69, 9.17) is 23.4 Å². The number of hydrogen-bond acceptors (Lipinski definition) is 4. The minimum absolute atomic E-state index is 0. The van der Waals surface area contributed by atoms with E-state index >= 15 is 0 Å². The van der Waals surface area contributed by atoms with Crippen LogP contribution < -0.4 is 14.5 Å². The van der Waals surface area contributed by atoms with E-state index in [0.717, 1.165) is 55.0 Å². The molecule has 0 saturated heterocycles. The van der Waals surface area contributed by atoms with Crippen molar-refractivity contribution in [3.8, 4) is 56.4 Å². The van der Waals surface area contributed by atoms with Gasteiger partial charge in [0.15, 0.2) is 0 Å². The number of aromatic nitrogens is 3. The Morgan fingerprint density at radius 2 is 1.05 bits per heavy atom. The fourth-order valence-electron chi connectivity index (χ4n) is 10.1. The molecular weight excluding hydrogens is 1070 g/mol. The smallest absolute Gasteiger partial charge is 0.135 e. The summed E-state index contributed by atoms with van der Waals surface area (Å²) < 4.78 is 98.5. The maximum atomic E-state index is 9.07. The second kappa shape index (κ2) is 18.3. The predicted molar refractivity (Wildman–Crippen MR) is 295 cm³/mol. The Kier molecular flexibility index (Phi) is 8.63. The van der Waals surface area contributed by atoms with Crippen molar-refractivity contribution in [2.75, 3.05) is 9.80 Å². The molecule has 1 aliphatic rings. The number of nitrogens with zero attached hydrogens (tertiary/aromatic N) is 5. The van der Waals surface area contributed by atoms with Crippen LogP contribution in [0.2, 0.25) is 0 Å². The third kappa shape index (κ3) is 7.58. The molecule has 4 heterocycles. The molecule has 1 aliphatic heterocycles.